The van der Waals surface area contributed by atoms with E-state index in [4.69, 9.17) is 9.26 Å². The second-order valence-corrected chi connectivity index (χ2v) is 8.74. The second kappa shape index (κ2) is 8.31. The smallest absolute Gasteiger partial charge is 0.416 e. The second-order valence-electron chi connectivity index (χ2n) is 8.51. The van der Waals surface area contributed by atoms with Gasteiger partial charge >= 0.3 is 6.18 Å². The molecule has 5 atom stereocenters. The summed E-state index contributed by atoms with van der Waals surface area (Å²) < 4.78 is 50.2. The number of ether oxygens (including phenoxy) is 1. The van der Waals surface area contributed by atoms with Crippen molar-refractivity contribution in [1.82, 2.24) is 4.90 Å². The summed E-state index contributed by atoms with van der Waals surface area (Å²) in [5.74, 6) is 1.86. The molecule has 0 radical (unpaired) electrons. The van der Waals surface area contributed by atoms with Gasteiger partial charge in [0, 0.05) is 31.5 Å². The van der Waals surface area contributed by atoms with Crippen LogP contribution in [0.1, 0.15) is 31.7 Å². The van der Waals surface area contributed by atoms with Crippen molar-refractivity contribution in [3.05, 3.63) is 47.6 Å². The quantitative estimate of drug-likeness (QED) is 0.583. The Morgan fingerprint density at radius 3 is 2.48 bits per heavy atom. The maximum atomic E-state index is 13.0. The van der Waals surface area contributed by atoms with Crippen molar-refractivity contribution >= 4 is 9.47 Å². The van der Waals surface area contributed by atoms with Gasteiger partial charge in [-0.2, -0.15) is 13.2 Å². The van der Waals surface area contributed by atoms with Gasteiger partial charge in [0.1, 0.15) is 6.10 Å². The van der Waals surface area contributed by atoms with Crippen LogP contribution in [0.25, 0.3) is 0 Å². The van der Waals surface area contributed by atoms with Gasteiger partial charge < -0.3 is 9.26 Å². The Bertz CT molecular complexity index is 794. The number of likely N-dealkylation sites (tertiary alicyclic amines) is 1. The minimum absolute atomic E-state index is 0.0247. The molecule has 3 nitrogen and oxygen atoms in total. The van der Waals surface area contributed by atoms with Crippen molar-refractivity contribution in [1.29, 1.82) is 0 Å². The van der Waals surface area contributed by atoms with Crippen molar-refractivity contribution in [2.45, 2.75) is 38.5 Å². The van der Waals surface area contributed by atoms with Crippen LogP contribution in [-0.4, -0.2) is 30.6 Å². The first kappa shape index (κ1) is 20.7. The highest BCUT2D eigenvalue weighted by Crippen LogP contribution is 2.43. The summed E-state index contributed by atoms with van der Waals surface area (Å²) in [7, 11) is 2.02. The number of hydrogen-bond acceptors (Lipinski definition) is 3. The molecule has 0 N–H and O–H groups in total. The normalized spacial score (nSPS) is 29.6. The third-order valence-corrected chi connectivity index (χ3v) is 6.48. The monoisotopic (exact) mass is 425 g/mol. The van der Waals surface area contributed by atoms with Crippen LogP contribution in [0, 0.1) is 17.8 Å². The molecule has 1 aromatic rings. The van der Waals surface area contributed by atoms with Crippen molar-refractivity contribution < 1.29 is 22.4 Å². The van der Waals surface area contributed by atoms with Gasteiger partial charge in [-0.25, -0.2) is 0 Å². The van der Waals surface area contributed by atoms with Crippen molar-refractivity contribution in [2.24, 2.45) is 17.8 Å². The molecule has 158 valence electrons. The first-order valence-electron chi connectivity index (χ1n) is 10.2. The van der Waals surface area contributed by atoms with E-state index in [0.29, 0.717) is 23.5 Å². The summed E-state index contributed by atoms with van der Waals surface area (Å²) in [6.07, 6.45) is 5.75. The maximum Gasteiger partial charge on any atom is 0.416 e. The van der Waals surface area contributed by atoms with Crippen LogP contribution in [-0.2, 0) is 6.18 Å². The molecule has 3 unspecified atom stereocenters. The lowest BCUT2D eigenvalue weighted by molar-refractivity contribution is -0.137. The Labute approximate surface area is 172 Å². The topological polar surface area (TPSA) is 21.7 Å². The van der Waals surface area contributed by atoms with Crippen LogP contribution in [0.3, 0.4) is 0 Å². The van der Waals surface area contributed by atoms with Gasteiger partial charge in [-0.05, 0) is 49.0 Å². The number of benzene rings is 1. The zero-order valence-electron chi connectivity index (χ0n) is 16.5. The number of halogens is 3. The Balaban J connectivity index is 1.43. The molecule has 29 heavy (non-hydrogen) atoms. The molecule has 1 heterocycles. The maximum absolute atomic E-state index is 13.0. The van der Waals surface area contributed by atoms with Crippen LogP contribution < -0.4 is 9.26 Å². The summed E-state index contributed by atoms with van der Waals surface area (Å²) in [5.41, 5.74) is 0.645. The van der Waals surface area contributed by atoms with E-state index in [1.807, 2.05) is 9.47 Å². The molecule has 1 aromatic carbocycles. The Morgan fingerprint density at radius 2 is 1.86 bits per heavy atom. The largest absolute Gasteiger partial charge is 0.486 e. The molecular formula is C22H27F3NO2P. The number of nitrogens with zero attached hydrogens (tertiary/aromatic N) is 1. The fourth-order valence-electron chi connectivity index (χ4n) is 4.90. The molecule has 7 heteroatoms. The molecule has 0 spiro atoms. The molecular weight excluding hydrogens is 398 g/mol. The third kappa shape index (κ3) is 4.64. The predicted molar refractivity (Wildman–Crippen MR) is 110 cm³/mol. The molecule has 2 aliphatic carbocycles. The van der Waals surface area contributed by atoms with E-state index in [1.165, 1.54) is 11.6 Å². The lowest BCUT2D eigenvalue weighted by Gasteiger charge is -2.38. The third-order valence-electron chi connectivity index (χ3n) is 6.23. The zero-order chi connectivity index (χ0) is 20.6. The van der Waals surface area contributed by atoms with Gasteiger partial charge in [-0.3, -0.25) is 4.90 Å². The van der Waals surface area contributed by atoms with Gasteiger partial charge in [0.05, 0.1) is 15.0 Å². The molecule has 0 aromatic heterocycles. The molecule has 0 amide bonds. The summed E-state index contributed by atoms with van der Waals surface area (Å²) in [6.45, 7) is 5.11. The fraction of sp³-hybridized carbons (Fsp3) is 0.545. The first-order chi connectivity index (χ1) is 13.8. The average molecular weight is 425 g/mol. The average Bonchev–Trinajstić information content (AvgIpc) is 2.90. The van der Waals surface area contributed by atoms with E-state index in [-0.39, 0.29) is 11.9 Å². The van der Waals surface area contributed by atoms with Gasteiger partial charge in [-0.1, -0.05) is 25.2 Å². The van der Waals surface area contributed by atoms with Crippen LogP contribution >= 0.6 is 9.47 Å². The van der Waals surface area contributed by atoms with Crippen molar-refractivity contribution in [2.75, 3.05) is 19.6 Å². The molecule has 2 bridgehead atoms. The summed E-state index contributed by atoms with van der Waals surface area (Å²) in [6, 6.07) is 3.44. The summed E-state index contributed by atoms with van der Waals surface area (Å²) in [4.78, 5) is 2.50. The highest BCUT2D eigenvalue weighted by Gasteiger charge is 2.44. The SMILES string of the molecule is CC1C=C(CN2C[C@H]3CC[C@@H](C2)C3Oc2ccc(C(F)(F)F)cc2OP)C=CC1. The molecule has 1 aliphatic heterocycles. The van der Waals surface area contributed by atoms with Gasteiger partial charge in [0.2, 0.25) is 0 Å². The minimum atomic E-state index is -4.40. The van der Waals surface area contributed by atoms with Crippen LogP contribution in [0.2, 0.25) is 0 Å². The van der Waals surface area contributed by atoms with E-state index in [0.717, 1.165) is 51.0 Å². The van der Waals surface area contributed by atoms with Gasteiger partial charge in [0.15, 0.2) is 11.5 Å². The summed E-state index contributed by atoms with van der Waals surface area (Å²) >= 11 is 0. The van der Waals surface area contributed by atoms with Crippen LogP contribution in [0.5, 0.6) is 11.5 Å². The number of rotatable bonds is 5. The van der Waals surface area contributed by atoms with Gasteiger partial charge in [-0.15, -0.1) is 0 Å². The minimum Gasteiger partial charge on any atom is -0.486 e. The number of allylic oxidation sites excluding steroid dienone is 2. The van der Waals surface area contributed by atoms with Gasteiger partial charge in [0.25, 0.3) is 0 Å². The number of fused-ring (bicyclic) bond motifs is 2. The predicted octanol–water partition coefficient (Wildman–Crippen LogP) is 5.49. The lowest BCUT2D eigenvalue weighted by atomic mass is 9.93. The first-order valence-corrected chi connectivity index (χ1v) is 10.6. The molecule has 4 rings (SSSR count). The van der Waals surface area contributed by atoms with E-state index in [1.54, 1.807) is 0 Å². The molecule has 3 aliphatic rings. The van der Waals surface area contributed by atoms with E-state index >= 15 is 0 Å². The number of piperidine rings is 1. The highest BCUT2D eigenvalue weighted by atomic mass is 31.0. The standard InChI is InChI=1S/C22H27F3NO2P/c1-14-3-2-4-15(9-14)11-26-12-16-5-6-17(13-26)21(16)27-19-8-7-18(22(23,24)25)10-20(19)28-29/h2,4,7-10,14,16-17,21H,3,5-6,11-13,29H2,1H3/t14?,16-,17+,21?. The Morgan fingerprint density at radius 1 is 1.14 bits per heavy atom. The Hall–Kier alpha value is -1.52. The number of alkyl halides is 3. The summed E-state index contributed by atoms with van der Waals surface area (Å²) in [5, 5.41) is 0. The van der Waals surface area contributed by atoms with E-state index < -0.39 is 11.7 Å². The zero-order valence-corrected chi connectivity index (χ0v) is 17.6. The van der Waals surface area contributed by atoms with Crippen molar-refractivity contribution in [3.63, 3.8) is 0 Å². The highest BCUT2D eigenvalue weighted by molar-refractivity contribution is 7.10. The van der Waals surface area contributed by atoms with Crippen LogP contribution in [0.4, 0.5) is 13.2 Å². The van der Waals surface area contributed by atoms with E-state index in [2.05, 4.69) is 30.1 Å². The molecule has 1 saturated carbocycles. The van der Waals surface area contributed by atoms with Crippen LogP contribution in [0.15, 0.2) is 42.0 Å². The lowest BCUT2D eigenvalue weighted by Crippen LogP contribution is -2.47. The van der Waals surface area contributed by atoms with Crippen molar-refractivity contribution in [3.8, 4) is 11.5 Å². The number of hydrogen-bond donors (Lipinski definition) is 0. The Kier molecular flexibility index (Phi) is 5.94. The fourth-order valence-corrected chi connectivity index (χ4v) is 5.08. The molecule has 1 saturated heterocycles. The molecule has 2 fully saturated rings. The van der Waals surface area contributed by atoms with E-state index in [9.17, 15) is 13.2 Å².